The van der Waals surface area contributed by atoms with Gasteiger partial charge in [-0.15, -0.1) is 0 Å². The number of nitrogens with one attached hydrogen (secondary N) is 2. The minimum Gasteiger partial charge on any atom is -0.377 e. The van der Waals surface area contributed by atoms with Crippen LogP contribution in [0, 0.1) is 0 Å². The summed E-state index contributed by atoms with van der Waals surface area (Å²) in [6, 6.07) is 0. The summed E-state index contributed by atoms with van der Waals surface area (Å²) in [5, 5.41) is 3.39. The van der Waals surface area contributed by atoms with Crippen molar-refractivity contribution in [2.75, 3.05) is 19.7 Å². The maximum atomic E-state index is 5.72. The number of aromatic nitrogens is 2. The molecule has 2 N–H and O–H groups in total. The van der Waals surface area contributed by atoms with Gasteiger partial charge >= 0.3 is 0 Å². The number of ether oxygens (including phenoxy) is 1. The first-order chi connectivity index (χ1) is 8.83. The van der Waals surface area contributed by atoms with Crippen LogP contribution in [0.3, 0.4) is 0 Å². The molecule has 1 heterocycles. The highest BCUT2D eigenvalue weighted by Gasteiger charge is 2.00. The van der Waals surface area contributed by atoms with E-state index in [0.717, 1.165) is 38.4 Å². The van der Waals surface area contributed by atoms with Gasteiger partial charge in [0.1, 0.15) is 5.82 Å². The van der Waals surface area contributed by atoms with Crippen molar-refractivity contribution >= 4 is 0 Å². The van der Waals surface area contributed by atoms with Gasteiger partial charge in [0.15, 0.2) is 0 Å². The Labute approximate surface area is 111 Å². The summed E-state index contributed by atoms with van der Waals surface area (Å²) >= 11 is 0. The Kier molecular flexibility index (Phi) is 8.51. The molecule has 0 saturated heterocycles. The molecule has 0 aliphatic rings. The number of aryl methyl sites for hydroxylation is 1. The average molecular weight is 253 g/mol. The molecule has 0 saturated carbocycles. The Morgan fingerprint density at radius 1 is 1.39 bits per heavy atom. The largest absolute Gasteiger partial charge is 0.377 e. The zero-order valence-corrected chi connectivity index (χ0v) is 11.7. The van der Waals surface area contributed by atoms with E-state index in [1.54, 1.807) is 6.20 Å². The van der Waals surface area contributed by atoms with E-state index in [0.29, 0.717) is 6.10 Å². The van der Waals surface area contributed by atoms with Crippen LogP contribution in [0.5, 0.6) is 0 Å². The van der Waals surface area contributed by atoms with Crippen molar-refractivity contribution in [3.63, 3.8) is 0 Å². The number of hydrogen-bond acceptors (Lipinski definition) is 3. The van der Waals surface area contributed by atoms with E-state index in [2.05, 4.69) is 29.1 Å². The van der Waals surface area contributed by atoms with Crippen LogP contribution in [0.2, 0.25) is 0 Å². The molecular formula is C14H27N3O. The Morgan fingerprint density at radius 2 is 2.28 bits per heavy atom. The second-order valence-electron chi connectivity index (χ2n) is 4.71. The summed E-state index contributed by atoms with van der Waals surface area (Å²) in [5.74, 6) is 1.07. The highest BCUT2D eigenvalue weighted by atomic mass is 16.5. The molecule has 0 aliphatic carbocycles. The van der Waals surface area contributed by atoms with Gasteiger partial charge in [0.2, 0.25) is 0 Å². The van der Waals surface area contributed by atoms with E-state index in [-0.39, 0.29) is 0 Å². The lowest BCUT2D eigenvalue weighted by Crippen LogP contribution is -2.23. The van der Waals surface area contributed by atoms with Crippen molar-refractivity contribution in [2.45, 2.75) is 52.1 Å². The van der Waals surface area contributed by atoms with Crippen LogP contribution < -0.4 is 5.32 Å². The zero-order chi connectivity index (χ0) is 13.1. The number of aromatic amines is 1. The molecule has 0 spiro atoms. The predicted octanol–water partition coefficient (Wildman–Crippen LogP) is 2.53. The minimum atomic E-state index is 0.398. The Balaban J connectivity index is 1.84. The van der Waals surface area contributed by atoms with E-state index in [1.165, 1.54) is 19.3 Å². The number of rotatable bonds is 11. The summed E-state index contributed by atoms with van der Waals surface area (Å²) in [4.78, 5) is 7.30. The first-order valence-electron chi connectivity index (χ1n) is 7.13. The molecule has 4 nitrogen and oxygen atoms in total. The van der Waals surface area contributed by atoms with Crippen LogP contribution >= 0.6 is 0 Å². The Hall–Kier alpha value is -0.870. The number of unbranched alkanes of at least 4 members (excludes halogenated alkanes) is 1. The van der Waals surface area contributed by atoms with Crippen molar-refractivity contribution in [3.8, 4) is 0 Å². The van der Waals surface area contributed by atoms with Gasteiger partial charge in [0.25, 0.3) is 0 Å². The zero-order valence-electron chi connectivity index (χ0n) is 11.7. The Bertz CT molecular complexity index is 275. The molecule has 1 unspecified atom stereocenters. The van der Waals surface area contributed by atoms with Gasteiger partial charge in [0, 0.05) is 25.4 Å². The standard InChI is InChI=1S/C14H27N3O/c1-3-4-6-13(2)18-12-11-15-8-5-7-14-16-9-10-17-14/h9-10,13,15H,3-8,11-12H2,1-2H3,(H,16,17). The lowest BCUT2D eigenvalue weighted by Gasteiger charge is -2.12. The number of hydrogen-bond donors (Lipinski definition) is 2. The molecule has 1 aromatic heterocycles. The van der Waals surface area contributed by atoms with E-state index < -0.39 is 0 Å². The van der Waals surface area contributed by atoms with Crippen LogP contribution in [0.1, 0.15) is 45.4 Å². The molecule has 0 aromatic carbocycles. The number of H-pyrrole nitrogens is 1. The van der Waals surface area contributed by atoms with E-state index >= 15 is 0 Å². The van der Waals surface area contributed by atoms with Gasteiger partial charge in [0.05, 0.1) is 12.7 Å². The molecule has 1 rings (SSSR count). The molecular weight excluding hydrogens is 226 g/mol. The SMILES string of the molecule is CCCCC(C)OCCNCCCc1ncc[nH]1. The van der Waals surface area contributed by atoms with Crippen LogP contribution in [0.15, 0.2) is 12.4 Å². The van der Waals surface area contributed by atoms with Crippen LogP contribution in [0.4, 0.5) is 0 Å². The normalized spacial score (nSPS) is 12.8. The maximum Gasteiger partial charge on any atom is 0.106 e. The third kappa shape index (κ3) is 7.45. The Morgan fingerprint density at radius 3 is 3.00 bits per heavy atom. The summed E-state index contributed by atoms with van der Waals surface area (Å²) in [6.07, 6.45) is 9.87. The smallest absolute Gasteiger partial charge is 0.106 e. The molecule has 1 atom stereocenters. The first-order valence-corrected chi connectivity index (χ1v) is 7.13. The van der Waals surface area contributed by atoms with Gasteiger partial charge in [-0.25, -0.2) is 4.98 Å². The van der Waals surface area contributed by atoms with E-state index in [4.69, 9.17) is 4.74 Å². The van der Waals surface area contributed by atoms with Crippen molar-refractivity contribution in [2.24, 2.45) is 0 Å². The molecule has 4 heteroatoms. The lowest BCUT2D eigenvalue weighted by atomic mass is 10.2. The number of nitrogens with zero attached hydrogens (tertiary/aromatic N) is 1. The first kappa shape index (κ1) is 15.2. The molecule has 0 aliphatic heterocycles. The summed E-state index contributed by atoms with van der Waals surface area (Å²) in [5.41, 5.74) is 0. The monoisotopic (exact) mass is 253 g/mol. The lowest BCUT2D eigenvalue weighted by molar-refractivity contribution is 0.0608. The molecule has 0 bridgehead atoms. The quantitative estimate of drug-likeness (QED) is 0.596. The van der Waals surface area contributed by atoms with Crippen LogP contribution in [-0.2, 0) is 11.2 Å². The fraction of sp³-hybridized carbons (Fsp3) is 0.786. The van der Waals surface area contributed by atoms with E-state index in [9.17, 15) is 0 Å². The third-order valence-electron chi connectivity index (χ3n) is 2.97. The van der Waals surface area contributed by atoms with Crippen molar-refractivity contribution in [1.82, 2.24) is 15.3 Å². The van der Waals surface area contributed by atoms with Crippen LogP contribution in [0.25, 0.3) is 0 Å². The fourth-order valence-corrected chi connectivity index (χ4v) is 1.85. The fourth-order valence-electron chi connectivity index (χ4n) is 1.85. The second-order valence-corrected chi connectivity index (χ2v) is 4.71. The van der Waals surface area contributed by atoms with Gasteiger partial charge < -0.3 is 15.0 Å². The molecule has 1 aromatic rings. The van der Waals surface area contributed by atoms with Crippen LogP contribution in [-0.4, -0.2) is 35.8 Å². The second kappa shape index (κ2) is 10.1. The predicted molar refractivity (Wildman–Crippen MR) is 74.7 cm³/mol. The molecule has 0 amide bonds. The minimum absolute atomic E-state index is 0.398. The van der Waals surface area contributed by atoms with Crippen molar-refractivity contribution in [3.05, 3.63) is 18.2 Å². The molecule has 0 radical (unpaired) electrons. The van der Waals surface area contributed by atoms with Gasteiger partial charge in [-0.3, -0.25) is 0 Å². The molecule has 18 heavy (non-hydrogen) atoms. The maximum absolute atomic E-state index is 5.72. The van der Waals surface area contributed by atoms with Gasteiger partial charge in [-0.2, -0.15) is 0 Å². The van der Waals surface area contributed by atoms with E-state index in [1.807, 2.05) is 6.20 Å². The molecule has 104 valence electrons. The third-order valence-corrected chi connectivity index (χ3v) is 2.97. The highest BCUT2D eigenvalue weighted by Crippen LogP contribution is 2.03. The topological polar surface area (TPSA) is 49.9 Å². The summed E-state index contributed by atoms with van der Waals surface area (Å²) < 4.78 is 5.72. The molecule has 0 fully saturated rings. The average Bonchev–Trinajstić information content (AvgIpc) is 2.88. The summed E-state index contributed by atoms with van der Waals surface area (Å²) in [6.45, 7) is 7.15. The highest BCUT2D eigenvalue weighted by molar-refractivity contribution is 4.86. The summed E-state index contributed by atoms with van der Waals surface area (Å²) in [7, 11) is 0. The van der Waals surface area contributed by atoms with Crippen molar-refractivity contribution < 1.29 is 4.74 Å². The van der Waals surface area contributed by atoms with Crippen molar-refractivity contribution in [1.29, 1.82) is 0 Å². The number of imidazole rings is 1. The van der Waals surface area contributed by atoms with Gasteiger partial charge in [-0.05, 0) is 26.3 Å². The van der Waals surface area contributed by atoms with Gasteiger partial charge in [-0.1, -0.05) is 19.8 Å².